The zero-order chi connectivity index (χ0) is 19.0. The molecule has 0 unspecified atom stereocenters. The molecule has 0 radical (unpaired) electrons. The molecule has 1 amide bonds. The van der Waals surface area contributed by atoms with Gasteiger partial charge in [-0.3, -0.25) is 4.79 Å². The van der Waals surface area contributed by atoms with Crippen molar-refractivity contribution in [2.75, 3.05) is 11.9 Å². The number of halogens is 1. The first-order chi connectivity index (χ1) is 13.1. The van der Waals surface area contributed by atoms with E-state index in [-0.39, 0.29) is 11.9 Å². The topological polar surface area (TPSA) is 63.1 Å². The lowest BCUT2D eigenvalue weighted by Gasteiger charge is -2.15. The number of nitrogens with one attached hydrogen (secondary N) is 1. The van der Waals surface area contributed by atoms with Crippen LogP contribution < -0.4 is 5.32 Å². The van der Waals surface area contributed by atoms with E-state index in [1.54, 1.807) is 18.6 Å². The number of rotatable bonds is 5. The molecule has 0 spiro atoms. The fourth-order valence-electron chi connectivity index (χ4n) is 3.26. The first kappa shape index (κ1) is 17.5. The van der Waals surface area contributed by atoms with Crippen molar-refractivity contribution in [2.45, 2.75) is 26.4 Å². The summed E-state index contributed by atoms with van der Waals surface area (Å²) in [5.74, 6) is 0.808. The van der Waals surface area contributed by atoms with Crippen LogP contribution in [0.5, 0.6) is 0 Å². The standard InChI is InChI=1S/C20H20ClN5O/c1-3-25-10-17-16(20(25)27)8-9-22-19(17)24-13(2)18-11-26(12-23-18)15-6-4-14(21)5-7-15/h4-9,11-13H,3,10H2,1-2H3,(H,22,24)/t13-/m1/s1. The predicted molar refractivity (Wildman–Crippen MR) is 105 cm³/mol. The molecule has 1 N–H and O–H groups in total. The lowest BCUT2D eigenvalue weighted by atomic mass is 10.1. The highest BCUT2D eigenvalue weighted by molar-refractivity contribution is 6.30. The molecular formula is C20H20ClN5O. The summed E-state index contributed by atoms with van der Waals surface area (Å²) in [4.78, 5) is 23.1. The Labute approximate surface area is 162 Å². The fraction of sp³-hybridized carbons (Fsp3) is 0.250. The Morgan fingerprint density at radius 2 is 2.00 bits per heavy atom. The molecule has 2 aromatic heterocycles. The number of benzene rings is 1. The maximum Gasteiger partial charge on any atom is 0.254 e. The lowest BCUT2D eigenvalue weighted by molar-refractivity contribution is 0.0787. The minimum Gasteiger partial charge on any atom is -0.362 e. The molecule has 1 aliphatic rings. The summed E-state index contributed by atoms with van der Waals surface area (Å²) in [5, 5.41) is 4.11. The second-order valence-electron chi connectivity index (χ2n) is 6.55. The molecule has 3 aromatic rings. The number of fused-ring (bicyclic) bond motifs is 1. The Morgan fingerprint density at radius 3 is 2.74 bits per heavy atom. The summed E-state index contributed by atoms with van der Waals surface area (Å²) >= 11 is 5.95. The van der Waals surface area contributed by atoms with Gasteiger partial charge in [0, 0.05) is 40.8 Å². The van der Waals surface area contributed by atoms with Gasteiger partial charge in [0.05, 0.1) is 24.6 Å². The van der Waals surface area contributed by atoms with Crippen molar-refractivity contribution in [2.24, 2.45) is 0 Å². The van der Waals surface area contributed by atoms with Crippen LogP contribution >= 0.6 is 11.6 Å². The van der Waals surface area contributed by atoms with Crippen LogP contribution in [0.2, 0.25) is 5.02 Å². The van der Waals surface area contributed by atoms with E-state index in [2.05, 4.69) is 15.3 Å². The summed E-state index contributed by atoms with van der Waals surface area (Å²) in [6.45, 7) is 5.29. The summed E-state index contributed by atoms with van der Waals surface area (Å²) in [6, 6.07) is 9.34. The van der Waals surface area contributed by atoms with Crippen molar-refractivity contribution >= 4 is 23.3 Å². The van der Waals surface area contributed by atoms with E-state index in [1.165, 1.54) is 0 Å². The molecule has 0 saturated heterocycles. The zero-order valence-corrected chi connectivity index (χ0v) is 15.9. The number of hydrogen-bond donors (Lipinski definition) is 1. The van der Waals surface area contributed by atoms with E-state index < -0.39 is 0 Å². The first-order valence-electron chi connectivity index (χ1n) is 8.90. The first-order valence-corrected chi connectivity index (χ1v) is 9.28. The largest absolute Gasteiger partial charge is 0.362 e. The number of hydrogen-bond acceptors (Lipinski definition) is 4. The number of nitrogens with zero attached hydrogens (tertiary/aromatic N) is 4. The second kappa shape index (κ2) is 7.04. The molecule has 1 atom stereocenters. The van der Waals surface area contributed by atoms with Crippen molar-refractivity contribution in [3.8, 4) is 5.69 Å². The molecule has 138 valence electrons. The molecule has 0 aliphatic carbocycles. The molecule has 1 aliphatic heterocycles. The molecule has 3 heterocycles. The highest BCUT2D eigenvalue weighted by Crippen LogP contribution is 2.29. The summed E-state index contributed by atoms with van der Waals surface area (Å²) in [7, 11) is 0. The molecular weight excluding hydrogens is 362 g/mol. The monoisotopic (exact) mass is 381 g/mol. The number of carbonyl (C=O) groups excluding carboxylic acids is 1. The number of anilines is 1. The van der Waals surface area contributed by atoms with E-state index in [1.807, 2.05) is 53.8 Å². The molecule has 4 rings (SSSR count). The molecule has 1 aromatic carbocycles. The third-order valence-corrected chi connectivity index (χ3v) is 5.08. The highest BCUT2D eigenvalue weighted by atomic mass is 35.5. The van der Waals surface area contributed by atoms with Gasteiger partial charge >= 0.3 is 0 Å². The van der Waals surface area contributed by atoms with Gasteiger partial charge in [0.15, 0.2) is 0 Å². The van der Waals surface area contributed by atoms with Crippen molar-refractivity contribution < 1.29 is 4.79 Å². The maximum atomic E-state index is 12.4. The Balaban J connectivity index is 1.55. The number of aromatic nitrogens is 3. The van der Waals surface area contributed by atoms with Crippen LogP contribution in [0.4, 0.5) is 5.82 Å². The molecule has 7 heteroatoms. The molecule has 0 bridgehead atoms. The van der Waals surface area contributed by atoms with Crippen LogP contribution in [0.3, 0.4) is 0 Å². The van der Waals surface area contributed by atoms with Crippen molar-refractivity contribution in [1.82, 2.24) is 19.4 Å². The molecule has 6 nitrogen and oxygen atoms in total. The molecule has 27 heavy (non-hydrogen) atoms. The average molecular weight is 382 g/mol. The summed E-state index contributed by atoms with van der Waals surface area (Å²) < 4.78 is 1.95. The quantitative estimate of drug-likeness (QED) is 0.723. The maximum absolute atomic E-state index is 12.4. The van der Waals surface area contributed by atoms with Crippen LogP contribution in [0, 0.1) is 0 Å². The van der Waals surface area contributed by atoms with Crippen LogP contribution in [0.25, 0.3) is 5.69 Å². The van der Waals surface area contributed by atoms with Crippen molar-refractivity contribution in [3.05, 3.63) is 70.9 Å². The minimum absolute atomic E-state index is 0.0525. The Bertz CT molecular complexity index is 982. The number of amides is 1. The smallest absolute Gasteiger partial charge is 0.254 e. The Morgan fingerprint density at radius 1 is 1.22 bits per heavy atom. The van der Waals surface area contributed by atoms with Crippen molar-refractivity contribution in [3.63, 3.8) is 0 Å². The number of imidazole rings is 1. The molecule has 0 saturated carbocycles. The Hall–Kier alpha value is -2.86. The van der Waals surface area contributed by atoms with Crippen LogP contribution in [0.15, 0.2) is 49.1 Å². The van der Waals surface area contributed by atoms with Gasteiger partial charge in [-0.15, -0.1) is 0 Å². The third-order valence-electron chi connectivity index (χ3n) is 4.83. The van der Waals surface area contributed by atoms with Crippen LogP contribution in [-0.2, 0) is 6.54 Å². The fourth-order valence-corrected chi connectivity index (χ4v) is 3.39. The minimum atomic E-state index is -0.0525. The van der Waals surface area contributed by atoms with E-state index in [0.29, 0.717) is 18.1 Å². The summed E-state index contributed by atoms with van der Waals surface area (Å²) in [5.41, 5.74) is 3.57. The van der Waals surface area contributed by atoms with Gasteiger partial charge in [-0.2, -0.15) is 0 Å². The van der Waals surface area contributed by atoms with E-state index in [0.717, 1.165) is 28.3 Å². The van der Waals surface area contributed by atoms with Gasteiger partial charge in [-0.25, -0.2) is 9.97 Å². The average Bonchev–Trinajstić information content (AvgIpc) is 3.28. The van der Waals surface area contributed by atoms with Gasteiger partial charge < -0.3 is 14.8 Å². The highest BCUT2D eigenvalue weighted by Gasteiger charge is 2.29. The zero-order valence-electron chi connectivity index (χ0n) is 15.2. The lowest BCUT2D eigenvalue weighted by Crippen LogP contribution is -2.22. The van der Waals surface area contributed by atoms with E-state index >= 15 is 0 Å². The third kappa shape index (κ3) is 3.28. The van der Waals surface area contributed by atoms with E-state index in [9.17, 15) is 4.79 Å². The summed E-state index contributed by atoms with van der Waals surface area (Å²) in [6.07, 6.45) is 5.44. The van der Waals surface area contributed by atoms with Gasteiger partial charge in [-0.05, 0) is 44.2 Å². The van der Waals surface area contributed by atoms with Crippen LogP contribution in [-0.4, -0.2) is 31.9 Å². The van der Waals surface area contributed by atoms with Gasteiger partial charge in [0.2, 0.25) is 0 Å². The number of carbonyl (C=O) groups is 1. The second-order valence-corrected chi connectivity index (χ2v) is 6.99. The number of pyridine rings is 1. The van der Waals surface area contributed by atoms with E-state index in [4.69, 9.17) is 11.6 Å². The molecule has 0 fully saturated rings. The van der Waals surface area contributed by atoms with Gasteiger partial charge in [0.25, 0.3) is 5.91 Å². The van der Waals surface area contributed by atoms with Crippen LogP contribution in [0.1, 0.15) is 41.5 Å². The van der Waals surface area contributed by atoms with Crippen molar-refractivity contribution in [1.29, 1.82) is 0 Å². The predicted octanol–water partition coefficient (Wildman–Crippen LogP) is 4.07. The van der Waals surface area contributed by atoms with Gasteiger partial charge in [0.1, 0.15) is 5.82 Å². The Kier molecular flexibility index (Phi) is 4.58. The normalized spacial score (nSPS) is 14.3. The SMILES string of the molecule is CCN1Cc2c(ccnc2N[C@H](C)c2cn(-c3ccc(Cl)cc3)cn2)C1=O. The van der Waals surface area contributed by atoms with Gasteiger partial charge in [-0.1, -0.05) is 11.6 Å².